The van der Waals surface area contributed by atoms with E-state index in [1.54, 1.807) is 13.2 Å². The monoisotopic (exact) mass is 631 g/mol. The van der Waals surface area contributed by atoms with Crippen molar-refractivity contribution in [2.75, 3.05) is 13.7 Å². The van der Waals surface area contributed by atoms with Crippen molar-refractivity contribution in [3.8, 4) is 0 Å². The summed E-state index contributed by atoms with van der Waals surface area (Å²) >= 11 is 0. The largest absolute Gasteiger partial charge is 2.00 e. The number of fused-ring (bicyclic) bond motifs is 3. The Labute approximate surface area is 153 Å². The third-order valence-electron chi connectivity index (χ3n) is 4.61. The van der Waals surface area contributed by atoms with E-state index in [9.17, 15) is 4.79 Å². The fourth-order valence-electron chi connectivity index (χ4n) is 3.45. The Morgan fingerprint density at radius 2 is 2.24 bits per heavy atom. The minimum absolute atomic E-state index is 0. The summed E-state index contributed by atoms with van der Waals surface area (Å²) in [6.07, 6.45) is 5.88. The quantitative estimate of drug-likeness (QED) is 0.468. The number of rotatable bonds is 2. The molecule has 2 unspecified atom stereocenters. The van der Waals surface area contributed by atoms with Crippen molar-refractivity contribution in [1.29, 1.82) is 0 Å². The molecular weight excluding hydrogens is 614 g/mol. The molecule has 3 aliphatic rings. The fraction of sp³-hybridized carbons (Fsp3) is 0.615. The summed E-state index contributed by atoms with van der Waals surface area (Å²) < 4.78 is 4.79. The fourth-order valence-corrected chi connectivity index (χ4v) is 3.45. The van der Waals surface area contributed by atoms with Gasteiger partial charge in [0.25, 0.3) is 0 Å². The molecule has 0 radical (unpaired) electrons. The summed E-state index contributed by atoms with van der Waals surface area (Å²) in [6.45, 7) is 0.726. The number of amides is 2. The predicted molar refractivity (Wildman–Crippen MR) is 65.5 cm³/mol. The second-order valence-corrected chi connectivity index (χ2v) is 5.41. The summed E-state index contributed by atoms with van der Waals surface area (Å²) in [5, 5.41) is 5.49. The van der Waals surface area contributed by atoms with Crippen molar-refractivity contribution < 1.29 is 56.3 Å². The molecule has 1 saturated carbocycles. The number of urea groups is 1. The van der Waals surface area contributed by atoms with Crippen molar-refractivity contribution in [2.24, 2.45) is 5.41 Å². The molecule has 2 amide bonds. The van der Waals surface area contributed by atoms with Gasteiger partial charge in [-0.3, -0.25) is 4.84 Å². The zero-order valence-corrected chi connectivity index (χ0v) is 17.8. The van der Waals surface area contributed by atoms with E-state index in [0.717, 1.165) is 31.5 Å². The van der Waals surface area contributed by atoms with Crippen molar-refractivity contribution in [3.63, 3.8) is 0 Å². The van der Waals surface area contributed by atoms with Gasteiger partial charge in [-0.1, -0.05) is 0 Å². The third-order valence-corrected chi connectivity index (χ3v) is 4.61. The maximum Gasteiger partial charge on any atom is 2.00 e. The third kappa shape index (κ3) is 2.64. The van der Waals surface area contributed by atoms with Crippen LogP contribution < -0.4 is 0 Å². The molecule has 4 rings (SSSR count). The van der Waals surface area contributed by atoms with Crippen LogP contribution >= 0.6 is 0 Å². The van der Waals surface area contributed by atoms with Crippen LogP contribution in [0.5, 0.6) is 0 Å². The maximum absolute atomic E-state index is 12.3. The predicted octanol–water partition coefficient (Wildman–Crippen LogP) is 1.81. The summed E-state index contributed by atoms with van der Waals surface area (Å²) in [5.41, 5.74) is 1.02. The number of aromatic nitrogens is 1. The molecule has 1 aliphatic carbocycles. The van der Waals surface area contributed by atoms with E-state index >= 15 is 0 Å². The van der Waals surface area contributed by atoms with Gasteiger partial charge in [-0.2, -0.15) is 11.1 Å². The van der Waals surface area contributed by atoms with E-state index in [1.807, 2.05) is 4.90 Å². The van der Waals surface area contributed by atoms with Gasteiger partial charge in [0.1, 0.15) is 0 Å². The number of carbonyl (C=O) groups excluding carboxylic acids is 1. The van der Waals surface area contributed by atoms with Gasteiger partial charge in [-0.05, 0) is 36.6 Å². The van der Waals surface area contributed by atoms with Crippen LogP contribution in [-0.2, 0) is 47.0 Å². The first kappa shape index (κ1) is 18.9. The van der Waals surface area contributed by atoms with E-state index in [-0.39, 0.29) is 73.1 Å². The zero-order chi connectivity index (χ0) is 12.3. The SMILES string of the molecule is CON1C(=O)N2CC1C1(CC1)CC2c1c[c-]on1.[CH3-].[W+2].[W]. The van der Waals surface area contributed by atoms with Crippen LogP contribution in [0.15, 0.2) is 10.6 Å². The molecule has 3 heterocycles. The second-order valence-electron chi connectivity index (χ2n) is 5.41. The first-order valence-electron chi connectivity index (χ1n) is 6.22. The van der Waals surface area contributed by atoms with Crippen molar-refractivity contribution in [3.05, 3.63) is 25.5 Å². The van der Waals surface area contributed by atoms with Gasteiger partial charge in [-0.25, -0.2) is 9.95 Å². The average molecular weight is 631 g/mol. The summed E-state index contributed by atoms with van der Waals surface area (Å²) in [7, 11) is 1.56. The number of hydroxylamine groups is 2. The molecule has 21 heavy (non-hydrogen) atoms. The smallest absolute Gasteiger partial charge is 0.480 e. The Bertz CT molecular complexity index is 493. The van der Waals surface area contributed by atoms with Gasteiger partial charge in [0.15, 0.2) is 0 Å². The summed E-state index contributed by atoms with van der Waals surface area (Å²) in [5.74, 6) is 0. The van der Waals surface area contributed by atoms with Gasteiger partial charge in [0.2, 0.25) is 0 Å². The molecular formula is C13H17N3O3W2. The van der Waals surface area contributed by atoms with E-state index in [0.29, 0.717) is 0 Å². The molecule has 1 spiro atoms. The van der Waals surface area contributed by atoms with Crippen LogP contribution in [0.4, 0.5) is 4.79 Å². The number of carbonyl (C=O) groups is 1. The molecule has 6 nitrogen and oxygen atoms in total. The van der Waals surface area contributed by atoms with Crippen molar-refractivity contribution in [2.45, 2.75) is 31.3 Å². The molecule has 0 aromatic carbocycles. The van der Waals surface area contributed by atoms with Crippen LogP contribution in [0.1, 0.15) is 31.0 Å². The minimum atomic E-state index is -0.0562. The van der Waals surface area contributed by atoms with E-state index in [1.165, 1.54) is 5.06 Å². The molecule has 0 N–H and O–H groups in total. The molecule has 114 valence electrons. The van der Waals surface area contributed by atoms with Crippen LogP contribution in [0, 0.1) is 19.1 Å². The number of hydrogen-bond acceptors (Lipinski definition) is 4. The standard InChI is InChI=1S/C12H14N3O3.CH3.2W/c1-17-15-10-7-14(11(15)16)9(6-12(10)3-4-12)8-2-5-18-13-8;;;/h2,9-10H,3-4,6-7H2,1H3;1H3;;/q2*-1;;+2. The molecule has 2 aliphatic heterocycles. The first-order valence-corrected chi connectivity index (χ1v) is 6.22. The van der Waals surface area contributed by atoms with Gasteiger partial charge >= 0.3 is 27.1 Å². The van der Waals surface area contributed by atoms with Gasteiger partial charge in [0.05, 0.1) is 13.2 Å². The zero-order valence-electron chi connectivity index (χ0n) is 11.9. The van der Waals surface area contributed by atoms with Gasteiger partial charge in [0, 0.05) is 33.7 Å². The van der Waals surface area contributed by atoms with E-state index in [4.69, 9.17) is 9.36 Å². The van der Waals surface area contributed by atoms with E-state index in [2.05, 4.69) is 11.4 Å². The molecule has 1 aromatic heterocycles. The van der Waals surface area contributed by atoms with E-state index < -0.39 is 0 Å². The van der Waals surface area contributed by atoms with Crippen LogP contribution in [0.3, 0.4) is 0 Å². The first-order chi connectivity index (χ1) is 8.75. The molecule has 2 saturated heterocycles. The molecule has 1 aromatic rings. The van der Waals surface area contributed by atoms with Crippen LogP contribution in [0.25, 0.3) is 0 Å². The normalized spacial score (nSPS) is 27.8. The average Bonchev–Trinajstić information content (AvgIpc) is 2.87. The maximum atomic E-state index is 12.3. The number of piperidine rings is 1. The molecule has 2 atom stereocenters. The summed E-state index contributed by atoms with van der Waals surface area (Å²) in [6, 6.07) is 1.87. The molecule has 2 bridgehead atoms. The minimum Gasteiger partial charge on any atom is -0.480 e. The summed E-state index contributed by atoms with van der Waals surface area (Å²) in [4.78, 5) is 19.4. The molecule has 8 heteroatoms. The Hall–Kier alpha value is -0.183. The Balaban J connectivity index is 0.000000735. The van der Waals surface area contributed by atoms with Gasteiger partial charge < -0.3 is 16.8 Å². The number of nitrogens with zero attached hydrogens (tertiary/aromatic N) is 3. The van der Waals surface area contributed by atoms with Crippen LogP contribution in [0.2, 0.25) is 0 Å². The van der Waals surface area contributed by atoms with Crippen molar-refractivity contribution >= 4 is 6.03 Å². The Morgan fingerprint density at radius 3 is 2.76 bits per heavy atom. The Kier molecular flexibility index (Phi) is 5.85. The van der Waals surface area contributed by atoms with Crippen molar-refractivity contribution in [1.82, 2.24) is 15.1 Å². The molecule has 3 fully saturated rings. The Morgan fingerprint density at radius 1 is 1.52 bits per heavy atom. The second kappa shape index (κ2) is 6.52. The van der Waals surface area contributed by atoms with Crippen LogP contribution in [-0.4, -0.2) is 40.8 Å². The topological polar surface area (TPSA) is 58.8 Å². The number of hydrogen-bond donors (Lipinski definition) is 0. The van der Waals surface area contributed by atoms with Gasteiger partial charge in [-0.15, -0.1) is 0 Å².